The van der Waals surface area contributed by atoms with Crippen molar-refractivity contribution in [1.29, 1.82) is 0 Å². The van der Waals surface area contributed by atoms with Crippen LogP contribution in [0.2, 0.25) is 0 Å². The molecule has 0 radical (unpaired) electrons. The summed E-state index contributed by atoms with van der Waals surface area (Å²) in [5.41, 5.74) is 4.45. The minimum Gasteiger partial charge on any atom is -0.324 e. The molecule has 0 fully saturated rings. The number of aromatic nitrogens is 1. The van der Waals surface area contributed by atoms with Crippen molar-refractivity contribution in [1.82, 2.24) is 10.3 Å². The molecule has 0 bridgehead atoms. The van der Waals surface area contributed by atoms with Crippen LogP contribution in [-0.4, -0.2) is 17.4 Å². The van der Waals surface area contributed by atoms with Crippen molar-refractivity contribution in [3.63, 3.8) is 0 Å². The molecule has 0 spiro atoms. The lowest BCUT2D eigenvalue weighted by molar-refractivity contribution is -0.115. The summed E-state index contributed by atoms with van der Waals surface area (Å²) in [4.78, 5) is 16.4. The summed E-state index contributed by atoms with van der Waals surface area (Å²) in [7, 11) is 0. The van der Waals surface area contributed by atoms with Crippen molar-refractivity contribution in [3.05, 3.63) is 59.4 Å². The third kappa shape index (κ3) is 4.90. The van der Waals surface area contributed by atoms with E-state index in [-0.39, 0.29) is 12.5 Å². The Hall–Kier alpha value is -2.20. The minimum atomic E-state index is -0.0148. The first kappa shape index (κ1) is 18.1. The largest absolute Gasteiger partial charge is 0.324 e. The number of nitrogens with zero attached hydrogens (tertiary/aromatic N) is 1. The van der Waals surface area contributed by atoms with Crippen LogP contribution in [0.4, 0.5) is 5.69 Å². The number of pyridine rings is 1. The fraction of sp³-hybridized carbons (Fsp3) is 0.400. The average molecular weight is 325 g/mol. The Morgan fingerprint density at radius 2 is 1.58 bits per heavy atom. The van der Waals surface area contributed by atoms with Gasteiger partial charge in [-0.05, 0) is 40.7 Å². The quantitative estimate of drug-likeness (QED) is 0.807. The van der Waals surface area contributed by atoms with E-state index >= 15 is 0 Å². The average Bonchev–Trinajstić information content (AvgIpc) is 2.55. The van der Waals surface area contributed by atoms with Gasteiger partial charge in [0.15, 0.2) is 0 Å². The second-order valence-electron chi connectivity index (χ2n) is 6.63. The highest BCUT2D eigenvalue weighted by atomic mass is 16.1. The molecule has 1 aromatic heterocycles. The number of carbonyl (C=O) groups excluding carboxylic acids is 1. The molecule has 4 nitrogen and oxygen atoms in total. The second kappa shape index (κ2) is 8.60. The zero-order chi connectivity index (χ0) is 17.5. The number of nitrogens with one attached hydrogen (secondary N) is 2. The monoisotopic (exact) mass is 325 g/mol. The van der Waals surface area contributed by atoms with E-state index in [4.69, 9.17) is 0 Å². The number of anilines is 1. The van der Waals surface area contributed by atoms with Gasteiger partial charge in [-0.25, -0.2) is 0 Å². The van der Waals surface area contributed by atoms with Crippen molar-refractivity contribution < 1.29 is 4.79 Å². The topological polar surface area (TPSA) is 54.0 Å². The van der Waals surface area contributed by atoms with Gasteiger partial charge < -0.3 is 10.6 Å². The molecule has 0 saturated carbocycles. The van der Waals surface area contributed by atoms with E-state index in [2.05, 4.69) is 61.5 Å². The number of amides is 1. The molecule has 1 amide bonds. The van der Waals surface area contributed by atoms with E-state index < -0.39 is 0 Å². The fourth-order valence-corrected chi connectivity index (χ4v) is 2.70. The molecule has 2 rings (SSSR count). The molecule has 1 aromatic carbocycles. The molecule has 0 aliphatic heterocycles. The first-order chi connectivity index (χ1) is 11.5. The molecule has 1 heterocycles. The van der Waals surface area contributed by atoms with Crippen molar-refractivity contribution in [2.24, 2.45) is 0 Å². The van der Waals surface area contributed by atoms with Gasteiger partial charge in [0, 0.05) is 24.6 Å². The van der Waals surface area contributed by atoms with Crippen molar-refractivity contribution in [3.8, 4) is 0 Å². The van der Waals surface area contributed by atoms with Crippen LogP contribution < -0.4 is 10.6 Å². The third-order valence-corrected chi connectivity index (χ3v) is 4.00. The van der Waals surface area contributed by atoms with Gasteiger partial charge in [-0.1, -0.05) is 45.9 Å². The minimum absolute atomic E-state index is 0.0148. The Morgan fingerprint density at radius 1 is 1.00 bits per heavy atom. The standard InChI is InChI=1S/C20H27N3O/c1-14(2)17-6-5-7-18(15(3)4)20(17)23-19(24)13-22-12-16-8-10-21-11-9-16/h5-11,14-15,22H,12-13H2,1-4H3,(H,23,24). The van der Waals surface area contributed by atoms with E-state index in [0.29, 0.717) is 18.4 Å². The molecule has 2 N–H and O–H groups in total. The number of hydrogen-bond acceptors (Lipinski definition) is 3. The van der Waals surface area contributed by atoms with Crippen LogP contribution in [-0.2, 0) is 11.3 Å². The summed E-state index contributed by atoms with van der Waals surface area (Å²) < 4.78 is 0. The predicted molar refractivity (Wildman–Crippen MR) is 99.2 cm³/mol. The fourth-order valence-electron chi connectivity index (χ4n) is 2.70. The molecule has 128 valence electrons. The highest BCUT2D eigenvalue weighted by Gasteiger charge is 2.15. The molecule has 4 heteroatoms. The molecule has 0 saturated heterocycles. The number of carbonyl (C=O) groups is 1. The van der Waals surface area contributed by atoms with Gasteiger partial charge in [-0.3, -0.25) is 9.78 Å². The van der Waals surface area contributed by atoms with E-state index in [1.807, 2.05) is 12.1 Å². The summed E-state index contributed by atoms with van der Waals surface area (Å²) in [6.07, 6.45) is 3.51. The molecule has 0 aliphatic rings. The Labute approximate surface area is 144 Å². The molecule has 24 heavy (non-hydrogen) atoms. The lowest BCUT2D eigenvalue weighted by Crippen LogP contribution is -2.28. The van der Waals surface area contributed by atoms with Crippen LogP contribution in [0.25, 0.3) is 0 Å². The van der Waals surface area contributed by atoms with Gasteiger partial charge in [0.25, 0.3) is 0 Å². The van der Waals surface area contributed by atoms with Crippen LogP contribution in [0.15, 0.2) is 42.7 Å². The van der Waals surface area contributed by atoms with Gasteiger partial charge in [-0.2, -0.15) is 0 Å². The van der Waals surface area contributed by atoms with Crippen molar-refractivity contribution in [2.75, 3.05) is 11.9 Å². The van der Waals surface area contributed by atoms with E-state index in [9.17, 15) is 4.79 Å². The first-order valence-electron chi connectivity index (χ1n) is 8.51. The number of benzene rings is 1. The Kier molecular flexibility index (Phi) is 6.50. The van der Waals surface area contributed by atoms with Crippen LogP contribution in [0.1, 0.15) is 56.2 Å². The van der Waals surface area contributed by atoms with Crippen LogP contribution in [0.3, 0.4) is 0 Å². The van der Waals surface area contributed by atoms with E-state index in [1.165, 1.54) is 11.1 Å². The zero-order valence-corrected chi connectivity index (χ0v) is 15.0. The van der Waals surface area contributed by atoms with Crippen molar-refractivity contribution in [2.45, 2.75) is 46.1 Å². The number of rotatable bonds is 7. The van der Waals surface area contributed by atoms with Gasteiger partial charge in [0.1, 0.15) is 0 Å². The van der Waals surface area contributed by atoms with Gasteiger partial charge in [0.05, 0.1) is 6.54 Å². The maximum atomic E-state index is 12.4. The smallest absolute Gasteiger partial charge is 0.238 e. The third-order valence-electron chi connectivity index (χ3n) is 4.00. The summed E-state index contributed by atoms with van der Waals surface area (Å²) in [5.74, 6) is 0.714. The molecular weight excluding hydrogens is 298 g/mol. The maximum Gasteiger partial charge on any atom is 0.238 e. The summed E-state index contributed by atoms with van der Waals surface area (Å²) in [6.45, 7) is 9.53. The van der Waals surface area contributed by atoms with Gasteiger partial charge >= 0.3 is 0 Å². The second-order valence-corrected chi connectivity index (χ2v) is 6.63. The summed E-state index contributed by atoms with van der Waals surface area (Å²) in [5, 5.41) is 6.29. The summed E-state index contributed by atoms with van der Waals surface area (Å²) in [6, 6.07) is 10.1. The number of hydrogen-bond donors (Lipinski definition) is 2. The number of para-hydroxylation sites is 1. The lowest BCUT2D eigenvalue weighted by Gasteiger charge is -2.20. The molecule has 0 aliphatic carbocycles. The Morgan fingerprint density at radius 3 is 2.12 bits per heavy atom. The first-order valence-corrected chi connectivity index (χ1v) is 8.51. The SMILES string of the molecule is CC(C)c1cccc(C(C)C)c1NC(=O)CNCc1ccncc1. The predicted octanol–water partition coefficient (Wildman–Crippen LogP) is 4.06. The van der Waals surface area contributed by atoms with Gasteiger partial charge in [0.2, 0.25) is 5.91 Å². The van der Waals surface area contributed by atoms with E-state index in [1.54, 1.807) is 12.4 Å². The van der Waals surface area contributed by atoms with Crippen LogP contribution in [0, 0.1) is 0 Å². The molecule has 0 unspecified atom stereocenters. The zero-order valence-electron chi connectivity index (χ0n) is 15.0. The molecule has 0 atom stereocenters. The van der Waals surface area contributed by atoms with Crippen LogP contribution in [0.5, 0.6) is 0 Å². The molecule has 2 aromatic rings. The van der Waals surface area contributed by atoms with Gasteiger partial charge in [-0.15, -0.1) is 0 Å². The maximum absolute atomic E-state index is 12.4. The summed E-state index contributed by atoms with van der Waals surface area (Å²) >= 11 is 0. The van der Waals surface area contributed by atoms with Crippen molar-refractivity contribution >= 4 is 11.6 Å². The van der Waals surface area contributed by atoms with E-state index in [0.717, 1.165) is 11.3 Å². The molecular formula is C20H27N3O. The normalized spacial score (nSPS) is 11.1. The lowest BCUT2D eigenvalue weighted by atomic mass is 9.92. The highest BCUT2D eigenvalue weighted by molar-refractivity contribution is 5.94. The van der Waals surface area contributed by atoms with Crippen LogP contribution >= 0.6 is 0 Å². The highest BCUT2D eigenvalue weighted by Crippen LogP contribution is 2.32. The Balaban J connectivity index is 2.02. The Bertz CT molecular complexity index is 640.